The normalized spacial score (nSPS) is 16.5. The zero-order valence-corrected chi connectivity index (χ0v) is 20.6. The SMILES string of the molecule is C=N/N=C(\OCNCC1(C)OCCO1)c1cc(C)c2cc(OCC(F)(F)F)cc(C(C)(C)C)c2n1. The van der Waals surface area contributed by atoms with Gasteiger partial charge in [0.2, 0.25) is 0 Å². The summed E-state index contributed by atoms with van der Waals surface area (Å²) in [6.45, 7) is 13.1. The molecular formula is C24H31F3N4O4. The minimum Gasteiger partial charge on any atom is -0.484 e. The van der Waals surface area contributed by atoms with Crippen LogP contribution in [0.15, 0.2) is 28.4 Å². The van der Waals surface area contributed by atoms with Gasteiger partial charge in [-0.15, -0.1) is 5.10 Å². The standard InChI is InChI=1S/C24H31F3N4O4/c1-15-9-19(21(31-28-6)33-14-29-12-23(5)34-7-8-35-23)30-20-17(15)10-16(32-13-24(25,26)27)11-18(20)22(2,3)4/h9-11,29H,6-8,12-14H2,1-5H3/b31-21-. The maximum atomic E-state index is 12.7. The van der Waals surface area contributed by atoms with Crippen LogP contribution < -0.4 is 10.1 Å². The van der Waals surface area contributed by atoms with E-state index in [4.69, 9.17) is 23.9 Å². The molecule has 11 heteroatoms. The van der Waals surface area contributed by atoms with Gasteiger partial charge < -0.3 is 18.9 Å². The molecule has 1 saturated heterocycles. The van der Waals surface area contributed by atoms with E-state index < -0.39 is 24.0 Å². The van der Waals surface area contributed by atoms with Crippen LogP contribution >= 0.6 is 0 Å². The number of fused-ring (bicyclic) bond motifs is 1. The molecular weight excluding hydrogens is 465 g/mol. The largest absolute Gasteiger partial charge is 0.484 e. The van der Waals surface area contributed by atoms with E-state index in [1.54, 1.807) is 18.2 Å². The van der Waals surface area contributed by atoms with Crippen molar-refractivity contribution in [3.8, 4) is 5.75 Å². The van der Waals surface area contributed by atoms with Crippen molar-refractivity contribution >= 4 is 23.5 Å². The van der Waals surface area contributed by atoms with Crippen molar-refractivity contribution < 1.29 is 32.1 Å². The number of pyridine rings is 1. The molecule has 0 bridgehead atoms. The summed E-state index contributed by atoms with van der Waals surface area (Å²) >= 11 is 0. The minimum absolute atomic E-state index is 0.0891. The maximum Gasteiger partial charge on any atom is 0.422 e. The van der Waals surface area contributed by atoms with E-state index in [0.717, 1.165) is 11.1 Å². The van der Waals surface area contributed by atoms with Crippen LogP contribution in [0, 0.1) is 6.92 Å². The summed E-state index contributed by atoms with van der Waals surface area (Å²) < 4.78 is 60.1. The average molecular weight is 497 g/mol. The second-order valence-corrected chi connectivity index (χ2v) is 9.44. The molecule has 0 radical (unpaired) electrons. The Morgan fingerprint density at radius 2 is 1.89 bits per heavy atom. The summed E-state index contributed by atoms with van der Waals surface area (Å²) in [4.78, 5) is 4.74. The van der Waals surface area contributed by atoms with E-state index in [1.165, 1.54) is 0 Å². The maximum absolute atomic E-state index is 12.7. The van der Waals surface area contributed by atoms with E-state index >= 15 is 0 Å². The van der Waals surface area contributed by atoms with Crippen LogP contribution in [-0.2, 0) is 19.6 Å². The molecule has 0 amide bonds. The van der Waals surface area contributed by atoms with Gasteiger partial charge in [-0.3, -0.25) is 5.32 Å². The molecule has 1 fully saturated rings. The molecule has 192 valence electrons. The predicted molar refractivity (Wildman–Crippen MR) is 127 cm³/mol. The molecule has 0 aliphatic carbocycles. The van der Waals surface area contributed by atoms with Crippen LogP contribution in [0.25, 0.3) is 10.9 Å². The first kappa shape index (κ1) is 26.8. The zero-order valence-electron chi connectivity index (χ0n) is 20.6. The topological polar surface area (TPSA) is 86.6 Å². The van der Waals surface area contributed by atoms with Gasteiger partial charge >= 0.3 is 6.18 Å². The summed E-state index contributed by atoms with van der Waals surface area (Å²) in [6, 6.07) is 4.89. The third-order valence-corrected chi connectivity index (χ3v) is 5.34. The quantitative estimate of drug-likeness (QED) is 0.191. The molecule has 1 aliphatic heterocycles. The molecule has 2 heterocycles. The Hall–Kier alpha value is -2.76. The molecule has 35 heavy (non-hydrogen) atoms. The summed E-state index contributed by atoms with van der Waals surface area (Å²) in [5, 5.41) is 11.4. The second kappa shape index (κ2) is 10.5. The fourth-order valence-electron chi connectivity index (χ4n) is 3.67. The first-order valence-corrected chi connectivity index (χ1v) is 11.1. The van der Waals surface area contributed by atoms with Crippen LogP contribution in [0.4, 0.5) is 13.2 Å². The highest BCUT2D eigenvalue weighted by atomic mass is 19.4. The second-order valence-electron chi connectivity index (χ2n) is 9.44. The first-order valence-electron chi connectivity index (χ1n) is 11.1. The van der Waals surface area contributed by atoms with Crippen molar-refractivity contribution in [3.05, 3.63) is 35.0 Å². The molecule has 0 spiro atoms. The number of nitrogens with zero attached hydrogens (tertiary/aromatic N) is 3. The van der Waals surface area contributed by atoms with Gasteiger partial charge in [-0.05, 0) is 48.6 Å². The van der Waals surface area contributed by atoms with Crippen molar-refractivity contribution in [1.82, 2.24) is 10.3 Å². The summed E-state index contributed by atoms with van der Waals surface area (Å²) in [7, 11) is 0. The van der Waals surface area contributed by atoms with E-state index in [2.05, 4.69) is 22.2 Å². The predicted octanol–water partition coefficient (Wildman–Crippen LogP) is 4.47. The lowest BCUT2D eigenvalue weighted by atomic mass is 9.84. The molecule has 2 aromatic rings. The third kappa shape index (κ3) is 7.12. The zero-order chi connectivity index (χ0) is 25.9. The fraction of sp³-hybridized carbons (Fsp3) is 0.542. The Kier molecular flexibility index (Phi) is 8.03. The number of hydrogen-bond acceptors (Lipinski definition) is 8. The summed E-state index contributed by atoms with van der Waals surface area (Å²) in [6.07, 6.45) is -4.43. The van der Waals surface area contributed by atoms with Crippen molar-refractivity contribution in [2.45, 2.75) is 52.0 Å². The molecule has 0 saturated carbocycles. The third-order valence-electron chi connectivity index (χ3n) is 5.34. The van der Waals surface area contributed by atoms with Crippen LogP contribution in [0.5, 0.6) is 5.75 Å². The molecule has 8 nitrogen and oxygen atoms in total. The number of nitrogens with one attached hydrogen (secondary N) is 1. The number of halogens is 3. The van der Waals surface area contributed by atoms with Crippen molar-refractivity contribution in [1.29, 1.82) is 0 Å². The van der Waals surface area contributed by atoms with Crippen LogP contribution in [0.2, 0.25) is 0 Å². The van der Waals surface area contributed by atoms with Crippen molar-refractivity contribution in [2.24, 2.45) is 10.2 Å². The van der Waals surface area contributed by atoms with E-state index in [1.807, 2.05) is 34.6 Å². The summed E-state index contributed by atoms with van der Waals surface area (Å²) in [5.41, 5.74) is 2.09. The highest BCUT2D eigenvalue weighted by Gasteiger charge is 2.31. The molecule has 1 N–H and O–H groups in total. The van der Waals surface area contributed by atoms with E-state index in [9.17, 15) is 13.2 Å². The van der Waals surface area contributed by atoms with Gasteiger partial charge in [0.1, 0.15) is 18.2 Å². The van der Waals surface area contributed by atoms with Gasteiger partial charge in [-0.2, -0.15) is 18.3 Å². The molecule has 1 aromatic carbocycles. The lowest BCUT2D eigenvalue weighted by molar-refractivity contribution is -0.153. The Balaban J connectivity index is 1.91. The molecule has 1 aromatic heterocycles. The van der Waals surface area contributed by atoms with Crippen LogP contribution in [0.1, 0.15) is 44.5 Å². The minimum atomic E-state index is -4.43. The summed E-state index contributed by atoms with van der Waals surface area (Å²) in [5.74, 6) is -0.444. The van der Waals surface area contributed by atoms with Gasteiger partial charge in [-0.25, -0.2) is 4.98 Å². The highest BCUT2D eigenvalue weighted by Crippen LogP contribution is 2.35. The lowest BCUT2D eigenvalue weighted by Gasteiger charge is -2.24. The fourth-order valence-corrected chi connectivity index (χ4v) is 3.67. The van der Waals surface area contributed by atoms with Crippen LogP contribution in [0.3, 0.4) is 0 Å². The molecule has 0 atom stereocenters. The smallest absolute Gasteiger partial charge is 0.422 e. The highest BCUT2D eigenvalue weighted by molar-refractivity contribution is 5.97. The Morgan fingerprint density at radius 3 is 2.49 bits per heavy atom. The van der Waals surface area contributed by atoms with Crippen molar-refractivity contribution in [3.63, 3.8) is 0 Å². The number of ether oxygens (including phenoxy) is 4. The van der Waals surface area contributed by atoms with Gasteiger partial charge in [-0.1, -0.05) is 20.8 Å². The number of aryl methyl sites for hydroxylation is 1. The Morgan fingerprint density at radius 1 is 1.20 bits per heavy atom. The van der Waals surface area contributed by atoms with Gasteiger partial charge in [0, 0.05) is 12.1 Å². The van der Waals surface area contributed by atoms with Crippen molar-refractivity contribution in [2.75, 3.05) is 33.1 Å². The lowest BCUT2D eigenvalue weighted by Crippen LogP contribution is -2.40. The molecule has 3 rings (SSSR count). The number of rotatable bonds is 8. The van der Waals surface area contributed by atoms with Gasteiger partial charge in [0.25, 0.3) is 5.90 Å². The van der Waals surface area contributed by atoms with E-state index in [0.29, 0.717) is 36.4 Å². The molecule has 0 unspecified atom stereocenters. The average Bonchev–Trinajstić information content (AvgIpc) is 3.19. The first-order chi connectivity index (χ1) is 16.3. The number of benzene rings is 1. The van der Waals surface area contributed by atoms with E-state index in [-0.39, 0.29) is 18.4 Å². The monoisotopic (exact) mass is 496 g/mol. The number of aromatic nitrogens is 1. The van der Waals surface area contributed by atoms with Crippen LogP contribution in [-0.4, -0.2) is 62.7 Å². The van der Waals surface area contributed by atoms with Gasteiger partial charge in [0.15, 0.2) is 12.4 Å². The molecule has 1 aliphatic rings. The number of alkyl halides is 3. The number of hydrogen-bond donors (Lipinski definition) is 1. The Bertz CT molecular complexity index is 1090. The van der Waals surface area contributed by atoms with Gasteiger partial charge in [0.05, 0.1) is 25.3 Å². The Labute approximate surface area is 202 Å².